The van der Waals surface area contributed by atoms with Gasteiger partial charge in [0, 0.05) is 4.88 Å². The van der Waals surface area contributed by atoms with Crippen LogP contribution in [0.25, 0.3) is 0 Å². The molecule has 0 radical (unpaired) electrons. The van der Waals surface area contributed by atoms with E-state index in [2.05, 4.69) is 5.32 Å². The number of ether oxygens (including phenoxy) is 1. The van der Waals surface area contributed by atoms with Gasteiger partial charge in [0.2, 0.25) is 0 Å². The molecule has 26 heavy (non-hydrogen) atoms. The summed E-state index contributed by atoms with van der Waals surface area (Å²) in [4.78, 5) is 25.2. The molecule has 1 atom stereocenters. The van der Waals surface area contributed by atoms with Crippen LogP contribution in [0.15, 0.2) is 72.1 Å². The minimum atomic E-state index is -0.674. The lowest BCUT2D eigenvalue weighted by molar-refractivity contribution is -0.124. The Kier molecular flexibility index (Phi) is 5.76. The van der Waals surface area contributed by atoms with Crippen LogP contribution < -0.4 is 5.32 Å². The molecular weight excluding hydrogens is 353 g/mol. The average molecular weight is 369 g/mol. The van der Waals surface area contributed by atoms with Gasteiger partial charge in [-0.3, -0.25) is 4.79 Å². The lowest BCUT2D eigenvalue weighted by Crippen LogP contribution is -2.32. The van der Waals surface area contributed by atoms with Crippen molar-refractivity contribution >= 4 is 23.2 Å². The number of benzene rings is 2. The van der Waals surface area contributed by atoms with Crippen molar-refractivity contribution in [3.8, 4) is 0 Å². The van der Waals surface area contributed by atoms with Crippen molar-refractivity contribution < 1.29 is 18.7 Å². The summed E-state index contributed by atoms with van der Waals surface area (Å²) in [7, 11) is 0. The highest BCUT2D eigenvalue weighted by molar-refractivity contribution is 7.10. The third-order valence-electron chi connectivity index (χ3n) is 3.68. The molecule has 0 aliphatic rings. The number of hydrogen-bond acceptors (Lipinski definition) is 4. The largest absolute Gasteiger partial charge is 0.452 e. The first kappa shape index (κ1) is 17.8. The van der Waals surface area contributed by atoms with Crippen molar-refractivity contribution in [3.63, 3.8) is 0 Å². The summed E-state index contributed by atoms with van der Waals surface area (Å²) < 4.78 is 17.9. The zero-order valence-corrected chi connectivity index (χ0v) is 14.5. The molecule has 6 heteroatoms. The van der Waals surface area contributed by atoms with Crippen LogP contribution in [0, 0.1) is 5.82 Å². The Morgan fingerprint density at radius 2 is 1.73 bits per heavy atom. The standard InChI is InChI=1S/C20H16FNO3S/c21-16-10-8-15(9-11-16)20(24)25-13-18(23)22-19(17-7-4-12-26-17)14-5-2-1-3-6-14/h1-12,19H,13H2,(H,22,23)/t19-/m1/s1. The number of esters is 1. The Hall–Kier alpha value is -2.99. The first-order chi connectivity index (χ1) is 12.6. The van der Waals surface area contributed by atoms with Crippen molar-refractivity contribution in [1.82, 2.24) is 5.32 Å². The van der Waals surface area contributed by atoms with Crippen LogP contribution >= 0.6 is 11.3 Å². The van der Waals surface area contributed by atoms with Gasteiger partial charge in [-0.05, 0) is 41.3 Å². The Morgan fingerprint density at radius 1 is 1.00 bits per heavy atom. The number of rotatable bonds is 6. The summed E-state index contributed by atoms with van der Waals surface area (Å²) in [5.74, 6) is -1.53. The maximum atomic E-state index is 12.9. The van der Waals surface area contributed by atoms with E-state index in [1.807, 2.05) is 47.8 Å². The van der Waals surface area contributed by atoms with Crippen LogP contribution in [0.3, 0.4) is 0 Å². The summed E-state index contributed by atoms with van der Waals surface area (Å²) >= 11 is 1.53. The zero-order valence-electron chi connectivity index (χ0n) is 13.7. The lowest BCUT2D eigenvalue weighted by atomic mass is 10.1. The zero-order chi connectivity index (χ0) is 18.4. The molecule has 0 aliphatic heterocycles. The Balaban J connectivity index is 1.63. The molecular formula is C20H16FNO3S. The molecule has 3 rings (SSSR count). The van der Waals surface area contributed by atoms with Crippen LogP contribution in [0.1, 0.15) is 26.8 Å². The van der Waals surface area contributed by atoms with Gasteiger partial charge in [-0.1, -0.05) is 36.4 Å². The molecule has 1 amide bonds. The number of carbonyl (C=O) groups is 2. The highest BCUT2D eigenvalue weighted by Crippen LogP contribution is 2.25. The van der Waals surface area contributed by atoms with E-state index in [-0.39, 0.29) is 11.6 Å². The van der Waals surface area contributed by atoms with E-state index in [0.29, 0.717) is 0 Å². The van der Waals surface area contributed by atoms with Crippen LogP contribution in [-0.2, 0) is 9.53 Å². The first-order valence-electron chi connectivity index (χ1n) is 7.94. The number of hydrogen-bond donors (Lipinski definition) is 1. The van der Waals surface area contributed by atoms with Gasteiger partial charge in [-0.25, -0.2) is 9.18 Å². The first-order valence-corrected chi connectivity index (χ1v) is 8.82. The predicted octanol–water partition coefficient (Wildman–Crippen LogP) is 3.95. The highest BCUT2D eigenvalue weighted by atomic mass is 32.1. The molecule has 1 aromatic heterocycles. The SMILES string of the molecule is O=C(COC(=O)c1ccc(F)cc1)N[C@H](c1ccccc1)c1cccs1. The molecule has 0 aliphatic carbocycles. The normalized spacial score (nSPS) is 11.6. The maximum absolute atomic E-state index is 12.9. The molecule has 2 aromatic carbocycles. The summed E-state index contributed by atoms with van der Waals surface area (Å²) in [6.45, 7) is -0.412. The van der Waals surface area contributed by atoms with Crippen molar-refractivity contribution in [2.45, 2.75) is 6.04 Å². The second-order valence-electron chi connectivity index (χ2n) is 5.51. The molecule has 0 bridgehead atoms. The summed E-state index contributed by atoms with van der Waals surface area (Å²) in [6, 6.07) is 18.1. The molecule has 0 unspecified atom stereocenters. The minimum absolute atomic E-state index is 0.192. The molecule has 0 spiro atoms. The van der Waals surface area contributed by atoms with E-state index in [0.717, 1.165) is 10.4 Å². The lowest BCUT2D eigenvalue weighted by Gasteiger charge is -2.18. The van der Waals surface area contributed by atoms with Gasteiger partial charge >= 0.3 is 5.97 Å². The number of carbonyl (C=O) groups excluding carboxylic acids is 2. The van der Waals surface area contributed by atoms with E-state index in [4.69, 9.17) is 4.74 Å². The number of thiophene rings is 1. The fourth-order valence-electron chi connectivity index (χ4n) is 2.42. The second kappa shape index (κ2) is 8.40. The quantitative estimate of drug-likeness (QED) is 0.670. The molecule has 0 saturated heterocycles. The smallest absolute Gasteiger partial charge is 0.338 e. The highest BCUT2D eigenvalue weighted by Gasteiger charge is 2.19. The Morgan fingerprint density at radius 3 is 2.38 bits per heavy atom. The van der Waals surface area contributed by atoms with E-state index >= 15 is 0 Å². The van der Waals surface area contributed by atoms with Crippen molar-refractivity contribution in [2.24, 2.45) is 0 Å². The molecule has 0 saturated carbocycles. The number of amides is 1. The molecule has 1 heterocycles. The molecule has 0 fully saturated rings. The van der Waals surface area contributed by atoms with E-state index < -0.39 is 24.3 Å². The van der Waals surface area contributed by atoms with E-state index in [9.17, 15) is 14.0 Å². The van der Waals surface area contributed by atoms with Crippen molar-refractivity contribution in [1.29, 1.82) is 0 Å². The Labute approximate surface area is 154 Å². The predicted molar refractivity (Wildman–Crippen MR) is 97.4 cm³/mol. The number of nitrogens with one attached hydrogen (secondary N) is 1. The Bertz CT molecular complexity index is 864. The van der Waals surface area contributed by atoms with E-state index in [1.54, 1.807) is 0 Å². The third kappa shape index (κ3) is 4.55. The van der Waals surface area contributed by atoms with Gasteiger partial charge in [0.05, 0.1) is 11.6 Å². The fraction of sp³-hybridized carbons (Fsp3) is 0.100. The topological polar surface area (TPSA) is 55.4 Å². The van der Waals surface area contributed by atoms with Crippen LogP contribution in [0.2, 0.25) is 0 Å². The molecule has 1 N–H and O–H groups in total. The fourth-order valence-corrected chi connectivity index (χ4v) is 3.23. The van der Waals surface area contributed by atoms with Crippen LogP contribution in [0.4, 0.5) is 4.39 Å². The monoisotopic (exact) mass is 369 g/mol. The number of halogens is 1. The molecule has 132 valence electrons. The van der Waals surface area contributed by atoms with Gasteiger partial charge in [-0.15, -0.1) is 11.3 Å². The summed E-state index contributed by atoms with van der Waals surface area (Å²) in [5, 5.41) is 4.82. The van der Waals surface area contributed by atoms with Crippen LogP contribution in [0.5, 0.6) is 0 Å². The third-order valence-corrected chi connectivity index (χ3v) is 4.62. The van der Waals surface area contributed by atoms with Gasteiger partial charge in [0.1, 0.15) is 5.82 Å². The minimum Gasteiger partial charge on any atom is -0.452 e. The molecule has 4 nitrogen and oxygen atoms in total. The van der Waals surface area contributed by atoms with Crippen molar-refractivity contribution in [3.05, 3.63) is 93.9 Å². The van der Waals surface area contributed by atoms with Gasteiger partial charge < -0.3 is 10.1 Å². The van der Waals surface area contributed by atoms with Gasteiger partial charge in [-0.2, -0.15) is 0 Å². The van der Waals surface area contributed by atoms with E-state index in [1.165, 1.54) is 35.6 Å². The maximum Gasteiger partial charge on any atom is 0.338 e. The average Bonchev–Trinajstić information content (AvgIpc) is 3.20. The summed E-state index contributed by atoms with van der Waals surface area (Å²) in [6.07, 6.45) is 0. The van der Waals surface area contributed by atoms with Crippen LogP contribution in [-0.4, -0.2) is 18.5 Å². The van der Waals surface area contributed by atoms with Gasteiger partial charge in [0.15, 0.2) is 6.61 Å². The molecule has 3 aromatic rings. The summed E-state index contributed by atoms with van der Waals surface area (Å²) in [5.41, 5.74) is 1.13. The van der Waals surface area contributed by atoms with Crippen molar-refractivity contribution in [2.75, 3.05) is 6.61 Å². The second-order valence-corrected chi connectivity index (χ2v) is 6.49. The van der Waals surface area contributed by atoms with Gasteiger partial charge in [0.25, 0.3) is 5.91 Å².